The van der Waals surface area contributed by atoms with Crippen molar-refractivity contribution < 1.29 is 13.5 Å². The third-order valence-corrected chi connectivity index (χ3v) is 5.90. The molecule has 1 heterocycles. The van der Waals surface area contributed by atoms with Crippen LogP contribution in [-0.4, -0.2) is 42.8 Å². The van der Waals surface area contributed by atoms with Gasteiger partial charge in [-0.05, 0) is 31.6 Å². The fourth-order valence-electron chi connectivity index (χ4n) is 2.93. The molecule has 16 heavy (non-hydrogen) atoms. The number of rotatable bonds is 4. The highest BCUT2D eigenvalue weighted by Crippen LogP contribution is 2.29. The maximum absolute atomic E-state index is 12.2. The lowest BCUT2D eigenvalue weighted by Gasteiger charge is -2.24. The van der Waals surface area contributed by atoms with E-state index in [0.717, 1.165) is 25.7 Å². The molecule has 2 rings (SSSR count). The highest BCUT2D eigenvalue weighted by molar-refractivity contribution is 7.89. The van der Waals surface area contributed by atoms with Gasteiger partial charge in [-0.2, -0.15) is 4.31 Å². The molecule has 0 radical (unpaired) electrons. The lowest BCUT2D eigenvalue weighted by atomic mass is 10.1. The first-order valence-electron chi connectivity index (χ1n) is 6.24. The van der Waals surface area contributed by atoms with Gasteiger partial charge < -0.3 is 5.11 Å². The van der Waals surface area contributed by atoms with E-state index in [1.807, 2.05) is 0 Å². The van der Waals surface area contributed by atoms with Crippen LogP contribution in [0.2, 0.25) is 0 Å². The molecule has 1 N–H and O–H groups in total. The molecule has 4 nitrogen and oxygen atoms in total. The van der Waals surface area contributed by atoms with Crippen molar-refractivity contribution in [2.45, 2.75) is 44.6 Å². The van der Waals surface area contributed by atoms with E-state index < -0.39 is 10.0 Å². The molecule has 0 spiro atoms. The van der Waals surface area contributed by atoms with Crippen molar-refractivity contribution in [3.8, 4) is 0 Å². The van der Waals surface area contributed by atoms with Gasteiger partial charge in [0.15, 0.2) is 0 Å². The van der Waals surface area contributed by atoms with Crippen LogP contribution in [0.25, 0.3) is 0 Å². The highest BCUT2D eigenvalue weighted by atomic mass is 32.2. The van der Waals surface area contributed by atoms with E-state index in [1.54, 1.807) is 0 Å². The van der Waals surface area contributed by atoms with Crippen LogP contribution in [0.1, 0.15) is 38.5 Å². The molecule has 94 valence electrons. The number of hydrogen-bond acceptors (Lipinski definition) is 3. The first-order valence-corrected chi connectivity index (χ1v) is 7.85. The molecule has 0 amide bonds. The summed E-state index contributed by atoms with van der Waals surface area (Å²) in [5.74, 6) is 0.647. The van der Waals surface area contributed by atoms with E-state index in [-0.39, 0.29) is 12.6 Å². The SMILES string of the molecule is O=S(=O)(CC1CCCC1)N1CCC[C@H]1CO. The standard InChI is InChI=1S/C11H21NO3S/c13-8-11-6-3-7-12(11)16(14,15)9-10-4-1-2-5-10/h10-11,13H,1-9H2/t11-/m0/s1. The van der Waals surface area contributed by atoms with Crippen molar-refractivity contribution in [1.29, 1.82) is 0 Å². The number of aliphatic hydroxyl groups excluding tert-OH is 1. The van der Waals surface area contributed by atoms with Crippen molar-refractivity contribution in [2.24, 2.45) is 5.92 Å². The van der Waals surface area contributed by atoms with Gasteiger partial charge >= 0.3 is 0 Å². The van der Waals surface area contributed by atoms with Gasteiger partial charge in [-0.1, -0.05) is 12.8 Å². The minimum Gasteiger partial charge on any atom is -0.395 e. The van der Waals surface area contributed by atoms with Gasteiger partial charge in [0.1, 0.15) is 0 Å². The minimum absolute atomic E-state index is 0.0378. The quantitative estimate of drug-likeness (QED) is 0.805. The van der Waals surface area contributed by atoms with E-state index in [4.69, 9.17) is 5.11 Å². The van der Waals surface area contributed by atoms with Gasteiger partial charge in [0.2, 0.25) is 10.0 Å². The summed E-state index contributed by atoms with van der Waals surface area (Å²) >= 11 is 0. The molecule has 0 unspecified atom stereocenters. The summed E-state index contributed by atoms with van der Waals surface area (Å²) in [5, 5.41) is 9.15. The van der Waals surface area contributed by atoms with Crippen LogP contribution in [-0.2, 0) is 10.0 Å². The molecule has 2 fully saturated rings. The molecule has 0 aromatic rings. The molecule has 0 bridgehead atoms. The zero-order valence-corrected chi connectivity index (χ0v) is 10.5. The largest absolute Gasteiger partial charge is 0.395 e. The summed E-state index contributed by atoms with van der Waals surface area (Å²) in [5.41, 5.74) is 0. The Bertz CT molecular complexity index is 322. The van der Waals surface area contributed by atoms with Crippen LogP contribution in [0, 0.1) is 5.92 Å². The topological polar surface area (TPSA) is 57.6 Å². The molecular formula is C11H21NO3S. The van der Waals surface area contributed by atoms with Gasteiger partial charge in [-0.3, -0.25) is 0 Å². The first kappa shape index (κ1) is 12.3. The summed E-state index contributed by atoms with van der Waals surface area (Å²) in [6.45, 7) is 0.560. The summed E-state index contributed by atoms with van der Waals surface area (Å²) in [7, 11) is -3.13. The lowest BCUT2D eigenvalue weighted by Crippen LogP contribution is -2.40. The Morgan fingerprint density at radius 1 is 1.12 bits per heavy atom. The Labute approximate surface area is 97.7 Å². The number of nitrogens with zero attached hydrogens (tertiary/aromatic N) is 1. The normalized spacial score (nSPS) is 28.9. The Balaban J connectivity index is 2.00. The second-order valence-electron chi connectivity index (χ2n) is 5.02. The number of aliphatic hydroxyl groups is 1. The molecule has 0 aromatic carbocycles. The molecule has 2 aliphatic rings. The first-order chi connectivity index (χ1) is 7.63. The minimum atomic E-state index is -3.13. The molecule has 1 saturated heterocycles. The number of hydrogen-bond donors (Lipinski definition) is 1. The summed E-state index contributed by atoms with van der Waals surface area (Å²) in [6, 6.07) is -0.161. The zero-order chi connectivity index (χ0) is 11.6. The summed E-state index contributed by atoms with van der Waals surface area (Å²) in [6.07, 6.45) is 6.14. The van der Waals surface area contributed by atoms with Gasteiger partial charge in [-0.25, -0.2) is 8.42 Å². The molecular weight excluding hydrogens is 226 g/mol. The lowest BCUT2D eigenvalue weighted by molar-refractivity contribution is 0.213. The van der Waals surface area contributed by atoms with Gasteiger partial charge in [0.25, 0.3) is 0 Å². The third-order valence-electron chi connectivity index (χ3n) is 3.81. The third kappa shape index (κ3) is 2.57. The molecule has 1 aliphatic carbocycles. The zero-order valence-electron chi connectivity index (χ0n) is 9.64. The fraction of sp³-hybridized carbons (Fsp3) is 1.00. The van der Waals surface area contributed by atoms with Crippen molar-refractivity contribution >= 4 is 10.0 Å². The maximum atomic E-state index is 12.2. The van der Waals surface area contributed by atoms with Crippen LogP contribution in [0.3, 0.4) is 0 Å². The van der Waals surface area contributed by atoms with Crippen LogP contribution in [0.4, 0.5) is 0 Å². The van der Waals surface area contributed by atoms with E-state index in [1.165, 1.54) is 17.1 Å². The number of sulfonamides is 1. The van der Waals surface area contributed by atoms with Crippen LogP contribution in [0.15, 0.2) is 0 Å². The second-order valence-corrected chi connectivity index (χ2v) is 6.98. The Kier molecular flexibility index (Phi) is 3.87. The molecule has 0 aromatic heterocycles. The van der Waals surface area contributed by atoms with Gasteiger partial charge in [0.05, 0.1) is 12.4 Å². The monoisotopic (exact) mass is 247 g/mol. The van der Waals surface area contributed by atoms with Crippen LogP contribution >= 0.6 is 0 Å². The predicted molar refractivity (Wildman–Crippen MR) is 62.6 cm³/mol. The van der Waals surface area contributed by atoms with Crippen molar-refractivity contribution in [3.63, 3.8) is 0 Å². The Hall–Kier alpha value is -0.130. The van der Waals surface area contributed by atoms with E-state index >= 15 is 0 Å². The van der Waals surface area contributed by atoms with Gasteiger partial charge in [-0.15, -0.1) is 0 Å². The van der Waals surface area contributed by atoms with Crippen LogP contribution in [0.5, 0.6) is 0 Å². The Morgan fingerprint density at radius 3 is 2.44 bits per heavy atom. The molecule has 1 saturated carbocycles. The van der Waals surface area contributed by atoms with E-state index in [9.17, 15) is 8.42 Å². The highest BCUT2D eigenvalue weighted by Gasteiger charge is 2.35. The van der Waals surface area contributed by atoms with Crippen molar-refractivity contribution in [2.75, 3.05) is 18.9 Å². The summed E-state index contributed by atoms with van der Waals surface area (Å²) in [4.78, 5) is 0. The van der Waals surface area contributed by atoms with Crippen molar-refractivity contribution in [3.05, 3.63) is 0 Å². The predicted octanol–water partition coefficient (Wildman–Crippen LogP) is 0.963. The average molecular weight is 247 g/mol. The maximum Gasteiger partial charge on any atom is 0.214 e. The average Bonchev–Trinajstić information content (AvgIpc) is 2.85. The smallest absolute Gasteiger partial charge is 0.214 e. The van der Waals surface area contributed by atoms with Crippen molar-refractivity contribution in [1.82, 2.24) is 4.31 Å². The molecule has 1 aliphatic heterocycles. The van der Waals surface area contributed by atoms with Crippen LogP contribution < -0.4 is 0 Å². The fourth-order valence-corrected chi connectivity index (χ4v) is 5.08. The van der Waals surface area contributed by atoms with Gasteiger partial charge in [0, 0.05) is 12.6 Å². The Morgan fingerprint density at radius 2 is 1.81 bits per heavy atom. The van der Waals surface area contributed by atoms with E-state index in [0.29, 0.717) is 18.2 Å². The molecule has 5 heteroatoms. The summed E-state index contributed by atoms with van der Waals surface area (Å²) < 4.78 is 25.9. The van der Waals surface area contributed by atoms with E-state index in [2.05, 4.69) is 0 Å². The molecule has 1 atom stereocenters. The second kappa shape index (κ2) is 5.02.